The molecule has 0 unspecified atom stereocenters. The van der Waals surface area contributed by atoms with Gasteiger partial charge in [0.15, 0.2) is 5.78 Å². The van der Waals surface area contributed by atoms with E-state index in [2.05, 4.69) is 19.1 Å². The average molecular weight is 192 g/mol. The van der Waals surface area contributed by atoms with Gasteiger partial charge in [-0.25, -0.2) is 0 Å². The van der Waals surface area contributed by atoms with E-state index in [4.69, 9.17) is 0 Å². The largest absolute Gasteiger partial charge is 0.294 e. The number of carbonyl (C=O) groups is 1. The van der Waals surface area contributed by atoms with Crippen molar-refractivity contribution in [1.82, 2.24) is 0 Å². The van der Waals surface area contributed by atoms with Crippen molar-refractivity contribution in [2.45, 2.75) is 24.7 Å². The first-order valence-electron chi connectivity index (χ1n) is 4.60. The highest BCUT2D eigenvalue weighted by Gasteiger charge is 2.18. The molecule has 0 amide bonds. The van der Waals surface area contributed by atoms with Crippen LogP contribution < -0.4 is 0 Å². The van der Waals surface area contributed by atoms with E-state index in [-0.39, 0.29) is 0 Å². The van der Waals surface area contributed by atoms with Gasteiger partial charge in [-0.3, -0.25) is 4.79 Å². The summed E-state index contributed by atoms with van der Waals surface area (Å²) in [4.78, 5) is 12.6. The summed E-state index contributed by atoms with van der Waals surface area (Å²) in [6.07, 6.45) is 1.64. The molecule has 2 heteroatoms. The van der Waals surface area contributed by atoms with E-state index in [0.29, 0.717) is 12.2 Å². The number of ketones is 1. The van der Waals surface area contributed by atoms with Crippen LogP contribution in [0.4, 0.5) is 0 Å². The van der Waals surface area contributed by atoms with Crippen molar-refractivity contribution in [1.29, 1.82) is 0 Å². The standard InChI is InChI=1S/C11H12OS/c1-2-13-9-4-5-10-8(7-9)3-6-11(10)12/h4-5,7H,2-3,6H2,1H3. The summed E-state index contributed by atoms with van der Waals surface area (Å²) in [5.74, 6) is 1.40. The maximum atomic E-state index is 11.3. The fourth-order valence-electron chi connectivity index (χ4n) is 1.69. The van der Waals surface area contributed by atoms with Gasteiger partial charge in [-0.05, 0) is 29.9 Å². The van der Waals surface area contributed by atoms with E-state index < -0.39 is 0 Å². The van der Waals surface area contributed by atoms with Crippen LogP contribution in [0, 0.1) is 0 Å². The molecule has 13 heavy (non-hydrogen) atoms. The first-order chi connectivity index (χ1) is 6.31. The van der Waals surface area contributed by atoms with Crippen LogP contribution in [0.5, 0.6) is 0 Å². The SMILES string of the molecule is CCSc1ccc2c(c1)CCC2=O. The topological polar surface area (TPSA) is 17.1 Å². The minimum absolute atomic E-state index is 0.308. The normalized spacial score (nSPS) is 14.7. The lowest BCUT2D eigenvalue weighted by atomic mass is 10.1. The molecule has 0 N–H and O–H groups in total. The van der Waals surface area contributed by atoms with Crippen LogP contribution in [-0.4, -0.2) is 11.5 Å². The number of Topliss-reactive ketones (excluding diaryl/α,β-unsaturated/α-hetero) is 1. The van der Waals surface area contributed by atoms with Crippen LogP contribution in [0.15, 0.2) is 23.1 Å². The minimum Gasteiger partial charge on any atom is -0.294 e. The number of rotatable bonds is 2. The lowest BCUT2D eigenvalue weighted by Crippen LogP contribution is -1.90. The molecule has 0 fully saturated rings. The van der Waals surface area contributed by atoms with Crippen LogP contribution in [0.2, 0.25) is 0 Å². The molecule has 1 nitrogen and oxygen atoms in total. The Morgan fingerprint density at radius 2 is 2.23 bits per heavy atom. The average Bonchev–Trinajstić information content (AvgIpc) is 2.48. The number of hydrogen-bond donors (Lipinski definition) is 0. The number of fused-ring (bicyclic) bond motifs is 1. The van der Waals surface area contributed by atoms with Crippen LogP contribution in [0.25, 0.3) is 0 Å². The van der Waals surface area contributed by atoms with Gasteiger partial charge >= 0.3 is 0 Å². The Morgan fingerprint density at radius 3 is 3.00 bits per heavy atom. The first-order valence-corrected chi connectivity index (χ1v) is 5.58. The number of aryl methyl sites for hydroxylation is 1. The molecule has 0 saturated heterocycles. The van der Waals surface area contributed by atoms with E-state index in [0.717, 1.165) is 17.7 Å². The first kappa shape index (κ1) is 8.82. The molecule has 0 radical (unpaired) electrons. The Morgan fingerprint density at radius 1 is 1.38 bits per heavy atom. The van der Waals surface area contributed by atoms with Gasteiger partial charge in [0.1, 0.15) is 0 Å². The highest BCUT2D eigenvalue weighted by molar-refractivity contribution is 7.99. The Hall–Kier alpha value is -0.760. The molecule has 0 saturated carbocycles. The van der Waals surface area contributed by atoms with E-state index in [1.807, 2.05) is 17.8 Å². The predicted molar refractivity (Wildman–Crippen MR) is 55.5 cm³/mol. The summed E-state index contributed by atoms with van der Waals surface area (Å²) < 4.78 is 0. The van der Waals surface area contributed by atoms with Gasteiger partial charge < -0.3 is 0 Å². The van der Waals surface area contributed by atoms with Crippen molar-refractivity contribution in [3.05, 3.63) is 29.3 Å². The highest BCUT2D eigenvalue weighted by atomic mass is 32.2. The second-order valence-corrected chi connectivity index (χ2v) is 4.51. The third-order valence-electron chi connectivity index (χ3n) is 2.31. The number of hydrogen-bond acceptors (Lipinski definition) is 2. The Balaban J connectivity index is 2.34. The summed E-state index contributed by atoms with van der Waals surface area (Å²) in [5, 5.41) is 0. The Bertz CT molecular complexity index is 344. The predicted octanol–water partition coefficient (Wildman–Crippen LogP) is 2.93. The third-order valence-corrected chi connectivity index (χ3v) is 3.19. The summed E-state index contributed by atoms with van der Waals surface area (Å²) >= 11 is 1.83. The molecule has 0 atom stereocenters. The van der Waals surface area contributed by atoms with Crippen molar-refractivity contribution in [3.8, 4) is 0 Å². The molecular weight excluding hydrogens is 180 g/mol. The smallest absolute Gasteiger partial charge is 0.163 e. The van der Waals surface area contributed by atoms with Crippen LogP contribution in [-0.2, 0) is 6.42 Å². The van der Waals surface area contributed by atoms with Gasteiger partial charge in [0, 0.05) is 16.9 Å². The van der Waals surface area contributed by atoms with Gasteiger partial charge in [0.2, 0.25) is 0 Å². The van der Waals surface area contributed by atoms with Gasteiger partial charge in [-0.2, -0.15) is 0 Å². The number of carbonyl (C=O) groups excluding carboxylic acids is 1. The monoisotopic (exact) mass is 192 g/mol. The molecule has 1 aromatic carbocycles. The highest BCUT2D eigenvalue weighted by Crippen LogP contribution is 2.27. The quantitative estimate of drug-likeness (QED) is 0.670. The van der Waals surface area contributed by atoms with Crippen molar-refractivity contribution in [3.63, 3.8) is 0 Å². The lowest BCUT2D eigenvalue weighted by Gasteiger charge is -2.01. The number of benzene rings is 1. The maximum absolute atomic E-state index is 11.3. The van der Waals surface area contributed by atoms with Gasteiger partial charge in [-0.15, -0.1) is 11.8 Å². The van der Waals surface area contributed by atoms with Gasteiger partial charge in [-0.1, -0.05) is 13.0 Å². The van der Waals surface area contributed by atoms with Crippen molar-refractivity contribution < 1.29 is 4.79 Å². The molecule has 0 aliphatic heterocycles. The molecule has 0 heterocycles. The van der Waals surface area contributed by atoms with Crippen LogP contribution >= 0.6 is 11.8 Å². The Labute approximate surface area is 82.5 Å². The van der Waals surface area contributed by atoms with Crippen molar-refractivity contribution >= 4 is 17.5 Å². The van der Waals surface area contributed by atoms with Crippen molar-refractivity contribution in [2.75, 3.05) is 5.75 Å². The fourth-order valence-corrected chi connectivity index (χ4v) is 2.41. The zero-order valence-corrected chi connectivity index (χ0v) is 8.49. The summed E-state index contributed by atoms with van der Waals surface area (Å²) in [6, 6.07) is 6.19. The van der Waals surface area contributed by atoms with E-state index in [9.17, 15) is 4.79 Å². The molecule has 0 bridgehead atoms. The maximum Gasteiger partial charge on any atom is 0.163 e. The molecule has 68 valence electrons. The molecular formula is C11H12OS. The minimum atomic E-state index is 0.308. The van der Waals surface area contributed by atoms with E-state index in [1.54, 1.807) is 0 Å². The van der Waals surface area contributed by atoms with E-state index in [1.165, 1.54) is 10.5 Å². The van der Waals surface area contributed by atoms with Gasteiger partial charge in [0.05, 0.1) is 0 Å². The second-order valence-electron chi connectivity index (χ2n) is 3.18. The third kappa shape index (κ3) is 1.63. The molecule has 1 aromatic rings. The van der Waals surface area contributed by atoms with Gasteiger partial charge in [0.25, 0.3) is 0 Å². The zero-order chi connectivity index (χ0) is 9.26. The summed E-state index contributed by atoms with van der Waals surface area (Å²) in [6.45, 7) is 2.14. The molecule has 0 spiro atoms. The summed E-state index contributed by atoms with van der Waals surface area (Å²) in [5.41, 5.74) is 2.18. The van der Waals surface area contributed by atoms with Crippen LogP contribution in [0.1, 0.15) is 29.3 Å². The molecule has 2 rings (SSSR count). The summed E-state index contributed by atoms with van der Waals surface area (Å²) in [7, 11) is 0. The lowest BCUT2D eigenvalue weighted by molar-refractivity contribution is 0.0994. The van der Waals surface area contributed by atoms with E-state index >= 15 is 0 Å². The van der Waals surface area contributed by atoms with Crippen molar-refractivity contribution in [2.24, 2.45) is 0 Å². The second kappa shape index (κ2) is 3.54. The Kier molecular flexibility index (Phi) is 2.40. The number of thioether (sulfide) groups is 1. The molecule has 1 aliphatic rings. The molecule has 0 aromatic heterocycles. The zero-order valence-electron chi connectivity index (χ0n) is 7.67. The fraction of sp³-hybridized carbons (Fsp3) is 0.364. The molecule has 1 aliphatic carbocycles. The van der Waals surface area contributed by atoms with Crippen LogP contribution in [0.3, 0.4) is 0 Å².